The maximum Gasteiger partial charge on any atom is 0.0815 e. The van der Waals surface area contributed by atoms with Crippen molar-refractivity contribution in [2.24, 2.45) is 0 Å². The lowest BCUT2D eigenvalue weighted by atomic mass is 10.4. The Morgan fingerprint density at radius 3 is 2.40 bits per heavy atom. The number of hydrogen-bond acceptors (Lipinski definition) is 1. The molecule has 10 heavy (non-hydrogen) atoms. The van der Waals surface area contributed by atoms with Crippen LogP contribution in [-0.2, 0) is 0 Å². The van der Waals surface area contributed by atoms with Crippen molar-refractivity contribution in [2.45, 2.75) is 26.8 Å². The van der Waals surface area contributed by atoms with Crippen LogP contribution in [0.1, 0.15) is 25.6 Å². The summed E-state index contributed by atoms with van der Waals surface area (Å²) >= 11 is 5.79. The van der Waals surface area contributed by atoms with Gasteiger partial charge in [-0.15, -0.1) is 0 Å². The van der Waals surface area contributed by atoms with E-state index in [1.165, 1.54) is 0 Å². The van der Waals surface area contributed by atoms with Gasteiger partial charge in [0.2, 0.25) is 0 Å². The van der Waals surface area contributed by atoms with Crippen LogP contribution in [-0.4, -0.2) is 9.78 Å². The van der Waals surface area contributed by atoms with Crippen molar-refractivity contribution in [3.63, 3.8) is 0 Å². The van der Waals surface area contributed by atoms with Crippen LogP contribution in [0.15, 0.2) is 6.20 Å². The second-order valence-corrected chi connectivity index (χ2v) is 3.04. The molecule has 1 aromatic rings. The Balaban J connectivity index is 2.98. The summed E-state index contributed by atoms with van der Waals surface area (Å²) in [5, 5.41) is 4.94. The predicted octanol–water partition coefficient (Wildman–Crippen LogP) is 2.43. The van der Waals surface area contributed by atoms with Crippen molar-refractivity contribution in [1.82, 2.24) is 9.78 Å². The maximum atomic E-state index is 5.79. The predicted molar refractivity (Wildman–Crippen MR) is 42.4 cm³/mol. The molecule has 0 aromatic carbocycles. The molecule has 0 radical (unpaired) electrons. The van der Waals surface area contributed by atoms with Crippen molar-refractivity contribution < 1.29 is 0 Å². The number of hydrogen-bond donors (Lipinski definition) is 0. The fraction of sp³-hybridized carbons (Fsp3) is 0.571. The molecule has 0 atom stereocenters. The highest BCUT2D eigenvalue weighted by atomic mass is 35.5. The summed E-state index contributed by atoms with van der Waals surface area (Å²) in [4.78, 5) is 0. The molecule has 0 saturated heterocycles. The molecule has 0 unspecified atom stereocenters. The van der Waals surface area contributed by atoms with Gasteiger partial charge in [0.1, 0.15) is 0 Å². The van der Waals surface area contributed by atoms with Crippen LogP contribution in [0.2, 0.25) is 5.02 Å². The Kier molecular flexibility index (Phi) is 2.00. The smallest absolute Gasteiger partial charge is 0.0815 e. The lowest BCUT2D eigenvalue weighted by Crippen LogP contribution is -2.00. The molecule has 2 nitrogen and oxygen atoms in total. The SMILES string of the molecule is Cc1nn(C(C)C)cc1Cl. The van der Waals surface area contributed by atoms with Crippen LogP contribution in [0.25, 0.3) is 0 Å². The number of halogens is 1. The van der Waals surface area contributed by atoms with Crippen molar-refractivity contribution >= 4 is 11.6 Å². The van der Waals surface area contributed by atoms with E-state index >= 15 is 0 Å². The summed E-state index contributed by atoms with van der Waals surface area (Å²) in [5.41, 5.74) is 0.898. The second-order valence-electron chi connectivity index (χ2n) is 2.64. The van der Waals surface area contributed by atoms with Crippen LogP contribution in [0.5, 0.6) is 0 Å². The molecule has 0 amide bonds. The molecule has 3 heteroatoms. The Bertz CT molecular complexity index is 208. The molecular formula is C7H11ClN2. The quantitative estimate of drug-likeness (QED) is 0.614. The van der Waals surface area contributed by atoms with Gasteiger partial charge in [-0.25, -0.2) is 0 Å². The molecule has 1 rings (SSSR count). The highest BCUT2D eigenvalue weighted by Gasteiger charge is 2.02. The van der Waals surface area contributed by atoms with E-state index in [1.807, 2.05) is 17.8 Å². The molecule has 0 spiro atoms. The van der Waals surface area contributed by atoms with Gasteiger partial charge in [-0.2, -0.15) is 5.10 Å². The summed E-state index contributed by atoms with van der Waals surface area (Å²) in [6.07, 6.45) is 1.85. The molecule has 56 valence electrons. The zero-order valence-corrected chi connectivity index (χ0v) is 7.18. The third-order valence-corrected chi connectivity index (χ3v) is 1.76. The average Bonchev–Trinajstić information content (AvgIpc) is 2.13. The molecule has 0 bridgehead atoms. The third-order valence-electron chi connectivity index (χ3n) is 1.39. The monoisotopic (exact) mass is 158 g/mol. The van der Waals surface area contributed by atoms with E-state index in [1.54, 1.807) is 0 Å². The second kappa shape index (κ2) is 2.62. The summed E-state index contributed by atoms with van der Waals surface area (Å²) in [7, 11) is 0. The number of rotatable bonds is 1. The van der Waals surface area contributed by atoms with Crippen LogP contribution < -0.4 is 0 Å². The van der Waals surface area contributed by atoms with Crippen LogP contribution in [0, 0.1) is 6.92 Å². The van der Waals surface area contributed by atoms with Crippen LogP contribution >= 0.6 is 11.6 Å². The van der Waals surface area contributed by atoms with Gasteiger partial charge in [0.25, 0.3) is 0 Å². The highest BCUT2D eigenvalue weighted by molar-refractivity contribution is 6.31. The first kappa shape index (κ1) is 7.61. The Morgan fingerprint density at radius 1 is 1.60 bits per heavy atom. The van der Waals surface area contributed by atoms with E-state index < -0.39 is 0 Å². The van der Waals surface area contributed by atoms with E-state index in [4.69, 9.17) is 11.6 Å². The van der Waals surface area contributed by atoms with E-state index in [9.17, 15) is 0 Å². The van der Waals surface area contributed by atoms with Crippen molar-refractivity contribution in [1.29, 1.82) is 0 Å². The Hall–Kier alpha value is -0.500. The van der Waals surface area contributed by atoms with E-state index in [0.717, 1.165) is 10.7 Å². The van der Waals surface area contributed by atoms with Crippen molar-refractivity contribution in [3.8, 4) is 0 Å². The molecule has 0 aliphatic carbocycles. The molecule has 0 aliphatic rings. The minimum absolute atomic E-state index is 0.395. The van der Waals surface area contributed by atoms with E-state index in [0.29, 0.717) is 6.04 Å². The first-order valence-electron chi connectivity index (χ1n) is 3.32. The third kappa shape index (κ3) is 1.32. The lowest BCUT2D eigenvalue weighted by Gasteiger charge is -2.02. The largest absolute Gasteiger partial charge is 0.268 e. The standard InChI is InChI=1S/C7H11ClN2/c1-5(2)10-4-7(8)6(3)9-10/h4-5H,1-3H3. The minimum atomic E-state index is 0.395. The summed E-state index contributed by atoms with van der Waals surface area (Å²) < 4.78 is 1.86. The van der Waals surface area contributed by atoms with E-state index in [-0.39, 0.29) is 0 Å². The normalized spacial score (nSPS) is 10.9. The number of nitrogens with zero attached hydrogens (tertiary/aromatic N) is 2. The van der Waals surface area contributed by atoms with Gasteiger partial charge in [-0.3, -0.25) is 4.68 Å². The van der Waals surface area contributed by atoms with Crippen LogP contribution in [0.4, 0.5) is 0 Å². The van der Waals surface area contributed by atoms with Gasteiger partial charge in [0.15, 0.2) is 0 Å². The van der Waals surface area contributed by atoms with Crippen molar-refractivity contribution in [2.75, 3.05) is 0 Å². The number of aryl methyl sites for hydroxylation is 1. The molecular weight excluding hydrogens is 148 g/mol. The van der Waals surface area contributed by atoms with E-state index in [2.05, 4.69) is 18.9 Å². The van der Waals surface area contributed by atoms with Gasteiger partial charge in [-0.05, 0) is 20.8 Å². The molecule has 0 aliphatic heterocycles. The Morgan fingerprint density at radius 2 is 2.20 bits per heavy atom. The fourth-order valence-electron chi connectivity index (χ4n) is 0.724. The minimum Gasteiger partial charge on any atom is -0.268 e. The van der Waals surface area contributed by atoms with Gasteiger partial charge in [-0.1, -0.05) is 11.6 Å². The lowest BCUT2D eigenvalue weighted by molar-refractivity contribution is 0.529. The molecule has 1 aromatic heterocycles. The van der Waals surface area contributed by atoms with Gasteiger partial charge >= 0.3 is 0 Å². The first-order valence-corrected chi connectivity index (χ1v) is 3.70. The Labute approximate surface area is 65.8 Å². The zero-order valence-electron chi connectivity index (χ0n) is 6.43. The zero-order chi connectivity index (χ0) is 7.72. The summed E-state index contributed by atoms with van der Waals surface area (Å²) in [5.74, 6) is 0. The molecule has 0 N–H and O–H groups in total. The average molecular weight is 159 g/mol. The van der Waals surface area contributed by atoms with Crippen molar-refractivity contribution in [3.05, 3.63) is 16.9 Å². The molecule has 1 heterocycles. The van der Waals surface area contributed by atoms with Gasteiger partial charge < -0.3 is 0 Å². The maximum absolute atomic E-state index is 5.79. The van der Waals surface area contributed by atoms with Crippen LogP contribution in [0.3, 0.4) is 0 Å². The number of aromatic nitrogens is 2. The highest BCUT2D eigenvalue weighted by Crippen LogP contribution is 2.14. The summed E-state index contributed by atoms with van der Waals surface area (Å²) in [6, 6.07) is 0.395. The fourth-order valence-corrected chi connectivity index (χ4v) is 0.862. The first-order chi connectivity index (χ1) is 4.61. The molecule has 0 saturated carbocycles. The molecule has 0 fully saturated rings. The topological polar surface area (TPSA) is 17.8 Å². The van der Waals surface area contributed by atoms with Gasteiger partial charge in [0, 0.05) is 12.2 Å². The van der Waals surface area contributed by atoms with Gasteiger partial charge in [0.05, 0.1) is 10.7 Å². The summed E-state index contributed by atoms with van der Waals surface area (Å²) in [6.45, 7) is 6.05.